The highest BCUT2D eigenvalue weighted by molar-refractivity contribution is 5.70. The Kier molecular flexibility index (Phi) is 61.3. The molecule has 0 aromatic carbocycles. The topological polar surface area (TPSA) is 61.8 Å². The Balaban J connectivity index is 4.25. The summed E-state index contributed by atoms with van der Waals surface area (Å²) in [6.45, 7) is 7.85. The highest BCUT2D eigenvalue weighted by Crippen LogP contribution is 2.16. The van der Waals surface area contributed by atoms with E-state index in [-0.39, 0.29) is 25.2 Å². The molecule has 1 unspecified atom stereocenters. The number of carbonyl (C=O) groups is 2. The summed E-state index contributed by atoms with van der Waals surface area (Å²) in [7, 11) is 0. The van der Waals surface area contributed by atoms with E-state index in [2.05, 4.69) is 69.4 Å². The van der Waals surface area contributed by atoms with Gasteiger partial charge in [0.1, 0.15) is 6.61 Å². The first kappa shape index (κ1) is 69.9. The number of hydrogen-bond acceptors (Lipinski definition) is 5. The maximum absolute atomic E-state index is 12.9. The number of ether oxygens (including phenoxy) is 3. The summed E-state index contributed by atoms with van der Waals surface area (Å²) in [5, 5.41) is 0. The van der Waals surface area contributed by atoms with Gasteiger partial charge in [0.15, 0.2) is 6.10 Å². The SMILES string of the molecule is CCCCC/C=C\C/C=C\CCCCCCCCCCCCOCC(COC(=O)CCCCCCCCCCC/C=C\CCCCCCCC)OC(=O)CCCCCCCCC/C=C\CCCCCCCC. The van der Waals surface area contributed by atoms with Gasteiger partial charge in [0.05, 0.1) is 6.61 Å². The molecule has 422 valence electrons. The molecule has 0 radical (unpaired) electrons. The molecule has 0 aliphatic rings. The molecule has 5 nitrogen and oxygen atoms in total. The van der Waals surface area contributed by atoms with Gasteiger partial charge in [-0.15, -0.1) is 0 Å². The summed E-state index contributed by atoms with van der Waals surface area (Å²) >= 11 is 0. The van der Waals surface area contributed by atoms with Crippen molar-refractivity contribution < 1.29 is 23.8 Å². The number of allylic oxidation sites excluding steroid dienone is 8. The third-order valence-electron chi connectivity index (χ3n) is 14.3. The maximum Gasteiger partial charge on any atom is 0.306 e. The lowest BCUT2D eigenvalue weighted by Gasteiger charge is -2.18. The van der Waals surface area contributed by atoms with Crippen molar-refractivity contribution in [1.29, 1.82) is 0 Å². The van der Waals surface area contributed by atoms with Gasteiger partial charge >= 0.3 is 11.9 Å². The lowest BCUT2D eigenvalue weighted by Crippen LogP contribution is -2.30. The van der Waals surface area contributed by atoms with Crippen LogP contribution in [-0.4, -0.2) is 37.9 Å². The van der Waals surface area contributed by atoms with Gasteiger partial charge in [-0.3, -0.25) is 9.59 Å². The Morgan fingerprint density at radius 1 is 0.306 bits per heavy atom. The third-order valence-corrected chi connectivity index (χ3v) is 14.3. The highest BCUT2D eigenvalue weighted by atomic mass is 16.6. The van der Waals surface area contributed by atoms with Crippen LogP contribution in [0.25, 0.3) is 0 Å². The van der Waals surface area contributed by atoms with Crippen molar-refractivity contribution in [3.63, 3.8) is 0 Å². The van der Waals surface area contributed by atoms with Crippen LogP contribution in [0.4, 0.5) is 0 Å². The molecule has 0 aliphatic heterocycles. The van der Waals surface area contributed by atoms with Crippen LogP contribution in [0.15, 0.2) is 48.6 Å². The molecule has 72 heavy (non-hydrogen) atoms. The van der Waals surface area contributed by atoms with Crippen LogP contribution in [0.1, 0.15) is 342 Å². The van der Waals surface area contributed by atoms with Gasteiger partial charge in [0.2, 0.25) is 0 Å². The minimum Gasteiger partial charge on any atom is -0.462 e. The Morgan fingerprint density at radius 2 is 0.583 bits per heavy atom. The van der Waals surface area contributed by atoms with Crippen molar-refractivity contribution in [2.24, 2.45) is 0 Å². The molecule has 0 bridgehead atoms. The largest absolute Gasteiger partial charge is 0.462 e. The summed E-state index contributed by atoms with van der Waals surface area (Å²) < 4.78 is 17.6. The van der Waals surface area contributed by atoms with Gasteiger partial charge in [0.25, 0.3) is 0 Å². The molecule has 0 amide bonds. The van der Waals surface area contributed by atoms with Gasteiger partial charge in [-0.05, 0) is 103 Å². The highest BCUT2D eigenvalue weighted by Gasteiger charge is 2.18. The van der Waals surface area contributed by atoms with Crippen molar-refractivity contribution in [3.8, 4) is 0 Å². The average Bonchev–Trinajstić information content (AvgIpc) is 3.38. The Labute approximate surface area is 450 Å². The predicted octanol–water partition coefficient (Wildman–Crippen LogP) is 22.2. The molecule has 0 rings (SSSR count). The molecule has 0 fully saturated rings. The fourth-order valence-corrected chi connectivity index (χ4v) is 9.47. The van der Waals surface area contributed by atoms with Crippen LogP contribution in [0.5, 0.6) is 0 Å². The van der Waals surface area contributed by atoms with E-state index in [1.807, 2.05) is 0 Å². The van der Waals surface area contributed by atoms with E-state index < -0.39 is 6.10 Å². The first-order valence-electron chi connectivity index (χ1n) is 32.2. The standard InChI is InChI=1S/C67H124O5/c1-4-7-10-13-16-19-22-25-28-31-33-35-38-41-44-47-50-53-56-59-62-70-63-65(72-67(69)61-58-55-52-49-46-43-40-36-30-27-24-21-18-15-12-9-6-3)64-71-66(68)60-57-54-51-48-45-42-39-37-34-32-29-26-23-20-17-14-11-8-5-2/h16,19,25-30,65H,4-15,17-18,20-24,31-64H2,1-3H3/b19-16-,28-25-,29-26-,30-27-. The molecule has 0 N–H and O–H groups in total. The molecule has 0 saturated heterocycles. The second-order valence-electron chi connectivity index (χ2n) is 21.7. The zero-order chi connectivity index (χ0) is 52.0. The fourth-order valence-electron chi connectivity index (χ4n) is 9.47. The number of esters is 2. The molecule has 5 heteroatoms. The number of carbonyl (C=O) groups excluding carboxylic acids is 2. The van der Waals surface area contributed by atoms with Crippen LogP contribution in [-0.2, 0) is 23.8 Å². The molecular weight excluding hydrogens is 885 g/mol. The van der Waals surface area contributed by atoms with Gasteiger partial charge in [-0.25, -0.2) is 0 Å². The third kappa shape index (κ3) is 60.4. The van der Waals surface area contributed by atoms with Crippen molar-refractivity contribution in [1.82, 2.24) is 0 Å². The van der Waals surface area contributed by atoms with Crippen LogP contribution in [0, 0.1) is 0 Å². The van der Waals surface area contributed by atoms with E-state index in [9.17, 15) is 9.59 Å². The predicted molar refractivity (Wildman–Crippen MR) is 316 cm³/mol. The maximum atomic E-state index is 12.9. The van der Waals surface area contributed by atoms with Gasteiger partial charge in [-0.1, -0.05) is 275 Å². The van der Waals surface area contributed by atoms with Crippen molar-refractivity contribution in [3.05, 3.63) is 48.6 Å². The van der Waals surface area contributed by atoms with Crippen LogP contribution in [0.2, 0.25) is 0 Å². The summed E-state index contributed by atoms with van der Waals surface area (Å²) in [5.74, 6) is -0.387. The number of rotatable bonds is 60. The molecule has 0 saturated carbocycles. The van der Waals surface area contributed by atoms with Crippen molar-refractivity contribution >= 4 is 11.9 Å². The van der Waals surface area contributed by atoms with E-state index in [4.69, 9.17) is 14.2 Å². The fraction of sp³-hybridized carbons (Fsp3) is 0.851. The molecule has 0 aromatic rings. The second-order valence-corrected chi connectivity index (χ2v) is 21.7. The zero-order valence-electron chi connectivity index (χ0n) is 48.7. The van der Waals surface area contributed by atoms with Gasteiger partial charge in [0, 0.05) is 19.4 Å². The monoisotopic (exact) mass is 1010 g/mol. The minimum atomic E-state index is -0.541. The Hall–Kier alpha value is -2.14. The minimum absolute atomic E-state index is 0.0846. The smallest absolute Gasteiger partial charge is 0.306 e. The molecular formula is C67H124O5. The van der Waals surface area contributed by atoms with Crippen LogP contribution < -0.4 is 0 Å². The first-order valence-corrected chi connectivity index (χ1v) is 32.2. The summed E-state index contributed by atoms with van der Waals surface area (Å²) in [5.41, 5.74) is 0. The van der Waals surface area contributed by atoms with Gasteiger partial charge < -0.3 is 14.2 Å². The van der Waals surface area contributed by atoms with Crippen LogP contribution in [0.3, 0.4) is 0 Å². The van der Waals surface area contributed by atoms with E-state index in [1.165, 1.54) is 263 Å². The average molecular weight is 1010 g/mol. The lowest BCUT2D eigenvalue weighted by atomic mass is 10.1. The normalized spacial score (nSPS) is 12.4. The summed E-state index contributed by atoms with van der Waals surface area (Å²) in [6, 6.07) is 0. The van der Waals surface area contributed by atoms with E-state index in [1.54, 1.807) is 0 Å². The quantitative estimate of drug-likeness (QED) is 0.0345. The molecule has 0 aliphatic carbocycles. The van der Waals surface area contributed by atoms with Crippen molar-refractivity contribution in [2.45, 2.75) is 348 Å². The Morgan fingerprint density at radius 3 is 0.958 bits per heavy atom. The second kappa shape index (κ2) is 63.2. The van der Waals surface area contributed by atoms with E-state index in [0.29, 0.717) is 19.4 Å². The van der Waals surface area contributed by atoms with Crippen LogP contribution >= 0.6 is 0 Å². The van der Waals surface area contributed by atoms with E-state index >= 15 is 0 Å². The molecule has 0 heterocycles. The summed E-state index contributed by atoms with van der Waals surface area (Å²) in [6.07, 6.45) is 80.0. The summed E-state index contributed by atoms with van der Waals surface area (Å²) in [4.78, 5) is 25.6. The van der Waals surface area contributed by atoms with Crippen molar-refractivity contribution in [2.75, 3.05) is 19.8 Å². The molecule has 0 aromatic heterocycles. The molecule has 1 atom stereocenters. The lowest BCUT2D eigenvalue weighted by molar-refractivity contribution is -0.163. The van der Waals surface area contributed by atoms with Gasteiger partial charge in [-0.2, -0.15) is 0 Å². The zero-order valence-corrected chi connectivity index (χ0v) is 48.7. The van der Waals surface area contributed by atoms with E-state index in [0.717, 1.165) is 44.9 Å². The number of unbranched alkanes of at least 4 members (excludes halogenated alkanes) is 41. The number of hydrogen-bond donors (Lipinski definition) is 0. The Bertz CT molecular complexity index is 1190. The first-order chi connectivity index (χ1) is 35.6. The molecule has 0 spiro atoms.